The Hall–Kier alpha value is -1.42. The quantitative estimate of drug-likeness (QED) is 0.721. The first kappa shape index (κ1) is 14.5. The summed E-state index contributed by atoms with van der Waals surface area (Å²) in [6, 6.07) is 6.91. The van der Waals surface area contributed by atoms with E-state index in [1.54, 1.807) is 6.07 Å². The van der Waals surface area contributed by atoms with Gasteiger partial charge in [0.2, 0.25) is 0 Å². The Kier molecular flexibility index (Phi) is 3.32. The molecule has 0 N–H and O–H groups in total. The van der Waals surface area contributed by atoms with Gasteiger partial charge in [-0.2, -0.15) is 0 Å². The smallest absolute Gasteiger partial charge is 0.165 e. The fraction of sp³-hybridized carbons (Fsp3) is 0.353. The maximum atomic E-state index is 14.3. The molecule has 0 bridgehead atoms. The van der Waals surface area contributed by atoms with Crippen molar-refractivity contribution in [2.75, 3.05) is 0 Å². The lowest BCUT2D eigenvalue weighted by molar-refractivity contribution is 0.0911. The molecule has 0 saturated heterocycles. The van der Waals surface area contributed by atoms with E-state index in [2.05, 4.69) is 29.8 Å². The largest absolute Gasteiger partial charge is 0.315 e. The summed E-state index contributed by atoms with van der Waals surface area (Å²) >= 11 is 3.28. The monoisotopic (exact) mass is 349 g/mol. The van der Waals surface area contributed by atoms with Crippen LogP contribution in [0.2, 0.25) is 0 Å². The van der Waals surface area contributed by atoms with Crippen molar-refractivity contribution in [2.45, 2.75) is 33.6 Å². The standard InChI is InChI=1S/C17H17BrFNO/c1-10-6-12-15(8-17(2,3)9-16(12)21)20(10)14-5-4-11(18)7-13(14)19/h4-7H,8-9H2,1-3H3. The van der Waals surface area contributed by atoms with E-state index in [0.29, 0.717) is 16.6 Å². The van der Waals surface area contributed by atoms with Crippen molar-refractivity contribution in [3.8, 4) is 5.69 Å². The van der Waals surface area contributed by atoms with Crippen LogP contribution in [0.25, 0.3) is 5.69 Å². The van der Waals surface area contributed by atoms with E-state index in [9.17, 15) is 9.18 Å². The maximum Gasteiger partial charge on any atom is 0.165 e. The van der Waals surface area contributed by atoms with Crippen molar-refractivity contribution in [3.05, 3.63) is 51.5 Å². The van der Waals surface area contributed by atoms with Crippen LogP contribution in [0, 0.1) is 18.2 Å². The zero-order valence-corrected chi connectivity index (χ0v) is 13.9. The molecule has 110 valence electrons. The third-order valence-electron chi connectivity index (χ3n) is 4.02. The number of hydrogen-bond donors (Lipinski definition) is 0. The molecule has 1 aliphatic rings. The van der Waals surface area contributed by atoms with E-state index in [4.69, 9.17) is 0 Å². The van der Waals surface area contributed by atoms with E-state index in [1.807, 2.05) is 23.6 Å². The van der Waals surface area contributed by atoms with Crippen LogP contribution in [-0.2, 0) is 6.42 Å². The third-order valence-corrected chi connectivity index (χ3v) is 4.52. The Morgan fingerprint density at radius 2 is 1.95 bits per heavy atom. The number of aromatic nitrogens is 1. The van der Waals surface area contributed by atoms with Crippen LogP contribution in [0.1, 0.15) is 42.0 Å². The number of carbonyl (C=O) groups is 1. The van der Waals surface area contributed by atoms with E-state index < -0.39 is 0 Å². The lowest BCUT2D eigenvalue weighted by Gasteiger charge is -2.30. The number of rotatable bonds is 1. The molecule has 1 aliphatic carbocycles. The van der Waals surface area contributed by atoms with Crippen LogP contribution in [0.3, 0.4) is 0 Å². The Balaban J connectivity index is 2.23. The molecule has 0 fully saturated rings. The van der Waals surface area contributed by atoms with Crippen molar-refractivity contribution < 1.29 is 9.18 Å². The van der Waals surface area contributed by atoms with Gasteiger partial charge in [0.05, 0.1) is 5.69 Å². The number of carbonyl (C=O) groups excluding carboxylic acids is 1. The molecule has 0 atom stereocenters. The van der Waals surface area contributed by atoms with Gasteiger partial charge in [-0.25, -0.2) is 4.39 Å². The molecule has 2 aromatic rings. The van der Waals surface area contributed by atoms with E-state index in [1.165, 1.54) is 6.07 Å². The van der Waals surface area contributed by atoms with Crippen molar-refractivity contribution in [3.63, 3.8) is 0 Å². The second-order valence-electron chi connectivity index (χ2n) is 6.52. The van der Waals surface area contributed by atoms with Crippen molar-refractivity contribution in [1.82, 2.24) is 4.57 Å². The number of fused-ring (bicyclic) bond motifs is 1. The summed E-state index contributed by atoms with van der Waals surface area (Å²) in [6.45, 7) is 6.08. The lowest BCUT2D eigenvalue weighted by atomic mass is 9.76. The van der Waals surface area contributed by atoms with E-state index in [-0.39, 0.29) is 17.0 Å². The van der Waals surface area contributed by atoms with Gasteiger partial charge in [0.15, 0.2) is 5.78 Å². The highest BCUT2D eigenvalue weighted by Crippen LogP contribution is 2.38. The van der Waals surface area contributed by atoms with Crippen LogP contribution in [-0.4, -0.2) is 10.4 Å². The molecule has 0 amide bonds. The van der Waals surface area contributed by atoms with Crippen molar-refractivity contribution in [1.29, 1.82) is 0 Å². The molecule has 2 nitrogen and oxygen atoms in total. The zero-order chi connectivity index (χ0) is 15.4. The molecule has 0 aliphatic heterocycles. The molecular weight excluding hydrogens is 333 g/mol. The predicted octanol–water partition coefficient (Wildman–Crippen LogP) is 4.84. The fourth-order valence-electron chi connectivity index (χ4n) is 3.15. The van der Waals surface area contributed by atoms with Crippen LogP contribution in [0.15, 0.2) is 28.7 Å². The van der Waals surface area contributed by atoms with Gasteiger partial charge in [-0.05, 0) is 43.0 Å². The fourth-order valence-corrected chi connectivity index (χ4v) is 3.48. The molecule has 0 spiro atoms. The summed E-state index contributed by atoms with van der Waals surface area (Å²) < 4.78 is 16.9. The first-order valence-corrected chi connectivity index (χ1v) is 7.78. The van der Waals surface area contributed by atoms with Crippen LogP contribution in [0.4, 0.5) is 4.39 Å². The second kappa shape index (κ2) is 4.80. The molecular formula is C17H17BrFNO. The molecule has 0 saturated carbocycles. The molecule has 0 unspecified atom stereocenters. The molecule has 1 aromatic carbocycles. The average Bonchev–Trinajstić information content (AvgIpc) is 2.65. The SMILES string of the molecule is Cc1cc2c(n1-c1ccc(Br)cc1F)CC(C)(C)CC2=O. The molecule has 1 aromatic heterocycles. The maximum absolute atomic E-state index is 14.3. The Morgan fingerprint density at radius 3 is 2.62 bits per heavy atom. The van der Waals surface area contributed by atoms with Crippen LogP contribution in [0.5, 0.6) is 0 Å². The molecule has 21 heavy (non-hydrogen) atoms. The summed E-state index contributed by atoms with van der Waals surface area (Å²) in [7, 11) is 0. The van der Waals surface area contributed by atoms with E-state index in [0.717, 1.165) is 23.4 Å². The molecule has 3 rings (SSSR count). The highest BCUT2D eigenvalue weighted by molar-refractivity contribution is 9.10. The number of aryl methyl sites for hydroxylation is 1. The van der Waals surface area contributed by atoms with Crippen molar-refractivity contribution >= 4 is 21.7 Å². The summed E-state index contributed by atoms with van der Waals surface area (Å²) in [6.07, 6.45) is 1.32. The van der Waals surface area contributed by atoms with E-state index >= 15 is 0 Å². The van der Waals surface area contributed by atoms with Crippen LogP contribution < -0.4 is 0 Å². The van der Waals surface area contributed by atoms with Gasteiger partial charge in [0.25, 0.3) is 0 Å². The normalized spacial score (nSPS) is 16.9. The highest BCUT2D eigenvalue weighted by atomic mass is 79.9. The number of benzene rings is 1. The minimum absolute atomic E-state index is 0.0849. The summed E-state index contributed by atoms with van der Waals surface area (Å²) in [5.74, 6) is -0.137. The van der Waals surface area contributed by atoms with Gasteiger partial charge in [-0.15, -0.1) is 0 Å². The van der Waals surface area contributed by atoms with Gasteiger partial charge in [-0.1, -0.05) is 29.8 Å². The number of nitrogens with zero attached hydrogens (tertiary/aromatic N) is 1. The Labute approximate surface area is 132 Å². The molecule has 1 heterocycles. The first-order chi connectivity index (χ1) is 9.78. The van der Waals surface area contributed by atoms with Gasteiger partial charge >= 0.3 is 0 Å². The number of halogens is 2. The minimum atomic E-state index is -0.290. The number of ketones is 1. The summed E-state index contributed by atoms with van der Waals surface area (Å²) in [5.41, 5.74) is 2.98. The van der Waals surface area contributed by atoms with Crippen LogP contribution >= 0.6 is 15.9 Å². The first-order valence-electron chi connectivity index (χ1n) is 6.98. The van der Waals surface area contributed by atoms with Gasteiger partial charge in [0.1, 0.15) is 5.82 Å². The minimum Gasteiger partial charge on any atom is -0.315 e. The lowest BCUT2D eigenvalue weighted by Crippen LogP contribution is -2.28. The topological polar surface area (TPSA) is 22.0 Å². The number of Topliss-reactive ketones (excluding diaryl/α,β-unsaturated/α-hetero) is 1. The van der Waals surface area contributed by atoms with Gasteiger partial charge in [-0.3, -0.25) is 4.79 Å². The Bertz CT molecular complexity index is 745. The zero-order valence-electron chi connectivity index (χ0n) is 12.3. The highest BCUT2D eigenvalue weighted by Gasteiger charge is 2.34. The predicted molar refractivity (Wildman–Crippen MR) is 84.6 cm³/mol. The van der Waals surface area contributed by atoms with Gasteiger partial charge in [0, 0.05) is 27.8 Å². The summed E-state index contributed by atoms with van der Waals surface area (Å²) in [4.78, 5) is 12.3. The third kappa shape index (κ3) is 2.46. The summed E-state index contributed by atoms with van der Waals surface area (Å²) in [5, 5.41) is 0. The second-order valence-corrected chi connectivity index (χ2v) is 7.43. The van der Waals surface area contributed by atoms with Crippen molar-refractivity contribution in [2.24, 2.45) is 5.41 Å². The Morgan fingerprint density at radius 1 is 1.24 bits per heavy atom. The number of hydrogen-bond acceptors (Lipinski definition) is 1. The average molecular weight is 350 g/mol. The molecule has 0 radical (unpaired) electrons. The molecule has 4 heteroatoms. The van der Waals surface area contributed by atoms with Gasteiger partial charge < -0.3 is 4.57 Å².